The first-order valence-corrected chi connectivity index (χ1v) is 10.3. The number of nitrogens with one attached hydrogen (secondary N) is 1. The van der Waals surface area contributed by atoms with Gasteiger partial charge in [-0.05, 0) is 43.2 Å². The second kappa shape index (κ2) is 8.93. The van der Waals surface area contributed by atoms with Gasteiger partial charge in [0.25, 0.3) is 0 Å². The van der Waals surface area contributed by atoms with E-state index in [1.165, 1.54) is 0 Å². The molecule has 0 saturated carbocycles. The van der Waals surface area contributed by atoms with E-state index in [-0.39, 0.29) is 11.9 Å². The highest BCUT2D eigenvalue weighted by Crippen LogP contribution is 2.29. The summed E-state index contributed by atoms with van der Waals surface area (Å²) in [6, 6.07) is 12.3. The molecule has 1 aliphatic heterocycles. The number of aromatic nitrogens is 2. The minimum absolute atomic E-state index is 0.0230. The third-order valence-corrected chi connectivity index (χ3v) is 5.74. The Labute approximate surface area is 183 Å². The number of piperidine rings is 1. The third-order valence-electron chi connectivity index (χ3n) is 5.00. The lowest BCUT2D eigenvalue weighted by Gasteiger charge is -2.31. The van der Waals surface area contributed by atoms with Gasteiger partial charge < -0.3 is 19.5 Å². The van der Waals surface area contributed by atoms with Gasteiger partial charge in [-0.25, -0.2) is 4.79 Å². The fraction of sp³-hybridized carbons (Fsp3) is 0.286. The average Bonchev–Trinajstić information content (AvgIpc) is 3.27. The van der Waals surface area contributed by atoms with Gasteiger partial charge in [0.15, 0.2) is 0 Å². The third kappa shape index (κ3) is 4.52. The van der Waals surface area contributed by atoms with Gasteiger partial charge in [-0.1, -0.05) is 40.5 Å². The molecule has 156 valence electrons. The summed E-state index contributed by atoms with van der Waals surface area (Å²) in [5, 5.41) is 7.79. The first-order valence-electron chi connectivity index (χ1n) is 9.52. The maximum atomic E-state index is 12.7. The average molecular weight is 447 g/mol. The predicted molar refractivity (Wildman–Crippen MR) is 115 cm³/mol. The summed E-state index contributed by atoms with van der Waals surface area (Å²) < 4.78 is 10.8. The molecule has 2 aromatic carbocycles. The van der Waals surface area contributed by atoms with Crippen LogP contribution in [0.5, 0.6) is 5.75 Å². The van der Waals surface area contributed by atoms with Crippen molar-refractivity contribution in [2.24, 2.45) is 0 Å². The number of hydrogen-bond donors (Lipinski definition) is 1. The topological polar surface area (TPSA) is 80.5 Å². The van der Waals surface area contributed by atoms with E-state index in [1.54, 1.807) is 30.2 Å². The number of amides is 2. The van der Waals surface area contributed by atoms with E-state index >= 15 is 0 Å². The molecule has 3 aromatic rings. The second-order valence-corrected chi connectivity index (χ2v) is 7.85. The number of benzene rings is 2. The van der Waals surface area contributed by atoms with E-state index < -0.39 is 0 Å². The molecular formula is C21H20Cl2N4O3. The molecule has 7 nitrogen and oxygen atoms in total. The highest BCUT2D eigenvalue weighted by molar-refractivity contribution is 6.42. The van der Waals surface area contributed by atoms with E-state index in [0.717, 1.165) is 24.2 Å². The standard InChI is InChI=1S/C21H20Cl2N4O3/c1-29-16-6-2-4-13(10-16)19-25-20(30-26-19)14-5-3-9-27(12-14)21(28)24-15-7-8-17(22)18(23)11-15/h2,4,6-8,10-11,14H,3,5,9,12H2,1H3,(H,24,28). The first-order chi connectivity index (χ1) is 14.5. The van der Waals surface area contributed by atoms with Gasteiger partial charge in [-0.3, -0.25) is 0 Å². The van der Waals surface area contributed by atoms with Gasteiger partial charge in [-0.15, -0.1) is 0 Å². The van der Waals surface area contributed by atoms with Crippen LogP contribution in [-0.4, -0.2) is 41.3 Å². The van der Waals surface area contributed by atoms with Gasteiger partial charge >= 0.3 is 6.03 Å². The van der Waals surface area contributed by atoms with Crippen LogP contribution in [0.2, 0.25) is 10.0 Å². The van der Waals surface area contributed by atoms with E-state index in [9.17, 15) is 4.79 Å². The fourth-order valence-corrected chi connectivity index (χ4v) is 3.72. The minimum atomic E-state index is -0.203. The van der Waals surface area contributed by atoms with Crippen molar-refractivity contribution in [1.29, 1.82) is 0 Å². The highest BCUT2D eigenvalue weighted by Gasteiger charge is 2.29. The molecule has 0 aliphatic carbocycles. The van der Waals surface area contributed by atoms with Crippen LogP contribution < -0.4 is 10.1 Å². The molecule has 4 rings (SSSR count). The van der Waals surface area contributed by atoms with Crippen LogP contribution in [0, 0.1) is 0 Å². The lowest BCUT2D eigenvalue weighted by Crippen LogP contribution is -2.41. The fourth-order valence-electron chi connectivity index (χ4n) is 3.42. The molecule has 0 bridgehead atoms. The molecule has 1 N–H and O–H groups in total. The van der Waals surface area contributed by atoms with Crippen molar-refractivity contribution < 1.29 is 14.1 Å². The lowest BCUT2D eigenvalue weighted by atomic mass is 9.98. The Bertz CT molecular complexity index is 1060. The molecule has 1 saturated heterocycles. The lowest BCUT2D eigenvalue weighted by molar-refractivity contribution is 0.184. The van der Waals surface area contributed by atoms with E-state index in [0.29, 0.717) is 40.5 Å². The van der Waals surface area contributed by atoms with Crippen LogP contribution in [0.15, 0.2) is 47.0 Å². The molecular weight excluding hydrogens is 427 g/mol. The van der Waals surface area contributed by atoms with Crippen molar-refractivity contribution in [3.05, 3.63) is 58.4 Å². The van der Waals surface area contributed by atoms with Crippen LogP contribution in [0.4, 0.5) is 10.5 Å². The van der Waals surface area contributed by atoms with Crippen LogP contribution in [0.3, 0.4) is 0 Å². The van der Waals surface area contributed by atoms with Crippen molar-refractivity contribution in [3.63, 3.8) is 0 Å². The number of anilines is 1. The van der Waals surface area contributed by atoms with Crippen molar-refractivity contribution in [1.82, 2.24) is 15.0 Å². The maximum Gasteiger partial charge on any atom is 0.321 e. The Morgan fingerprint density at radius 3 is 2.90 bits per heavy atom. The van der Waals surface area contributed by atoms with Crippen LogP contribution in [-0.2, 0) is 0 Å². The number of methoxy groups -OCH3 is 1. The molecule has 2 heterocycles. The van der Waals surface area contributed by atoms with Crippen molar-refractivity contribution in [2.45, 2.75) is 18.8 Å². The largest absolute Gasteiger partial charge is 0.497 e. The van der Waals surface area contributed by atoms with Gasteiger partial charge in [-0.2, -0.15) is 4.98 Å². The van der Waals surface area contributed by atoms with E-state index in [2.05, 4.69) is 15.5 Å². The molecule has 30 heavy (non-hydrogen) atoms. The summed E-state index contributed by atoms with van der Waals surface area (Å²) in [6.07, 6.45) is 1.71. The number of hydrogen-bond acceptors (Lipinski definition) is 5. The number of nitrogens with zero attached hydrogens (tertiary/aromatic N) is 3. The molecule has 1 unspecified atom stereocenters. The molecule has 1 fully saturated rings. The zero-order valence-electron chi connectivity index (χ0n) is 16.3. The van der Waals surface area contributed by atoms with Gasteiger partial charge in [0.1, 0.15) is 5.75 Å². The van der Waals surface area contributed by atoms with Crippen LogP contribution in [0.1, 0.15) is 24.7 Å². The van der Waals surface area contributed by atoms with Crippen LogP contribution in [0.25, 0.3) is 11.4 Å². The quantitative estimate of drug-likeness (QED) is 0.574. The Hall–Kier alpha value is -2.77. The molecule has 9 heteroatoms. The first kappa shape index (κ1) is 20.5. The molecule has 1 atom stereocenters. The summed E-state index contributed by atoms with van der Waals surface area (Å²) in [5.41, 5.74) is 1.41. The van der Waals surface area contributed by atoms with Crippen molar-refractivity contribution in [2.75, 3.05) is 25.5 Å². The Morgan fingerprint density at radius 2 is 2.10 bits per heavy atom. The Balaban J connectivity index is 1.44. The molecule has 1 aliphatic rings. The number of ether oxygens (including phenoxy) is 1. The molecule has 1 aromatic heterocycles. The summed E-state index contributed by atoms with van der Waals surface area (Å²) in [5.74, 6) is 1.73. The number of likely N-dealkylation sites (tertiary alicyclic amines) is 1. The SMILES string of the molecule is COc1cccc(-c2noc(C3CCCN(C(=O)Nc4ccc(Cl)c(Cl)c4)C3)n2)c1. The second-order valence-electron chi connectivity index (χ2n) is 7.03. The van der Waals surface area contributed by atoms with Crippen molar-refractivity contribution >= 4 is 34.9 Å². The molecule has 2 amide bonds. The molecule has 0 radical (unpaired) electrons. The Kier molecular flexibility index (Phi) is 6.11. The van der Waals surface area contributed by atoms with Gasteiger partial charge in [0, 0.05) is 24.3 Å². The zero-order chi connectivity index (χ0) is 21.1. The molecule has 0 spiro atoms. The Morgan fingerprint density at radius 1 is 1.23 bits per heavy atom. The van der Waals surface area contributed by atoms with E-state index in [4.69, 9.17) is 32.5 Å². The summed E-state index contributed by atoms with van der Waals surface area (Å²) in [4.78, 5) is 19.0. The highest BCUT2D eigenvalue weighted by atomic mass is 35.5. The van der Waals surface area contributed by atoms with Crippen molar-refractivity contribution in [3.8, 4) is 17.1 Å². The summed E-state index contributed by atoms with van der Waals surface area (Å²) in [6.45, 7) is 1.15. The minimum Gasteiger partial charge on any atom is -0.497 e. The maximum absolute atomic E-state index is 12.7. The van der Waals surface area contributed by atoms with E-state index in [1.807, 2.05) is 24.3 Å². The number of carbonyl (C=O) groups is 1. The number of carbonyl (C=O) groups excluding carboxylic acids is 1. The number of urea groups is 1. The summed E-state index contributed by atoms with van der Waals surface area (Å²) >= 11 is 12.0. The smallest absolute Gasteiger partial charge is 0.321 e. The number of halogens is 2. The van der Waals surface area contributed by atoms with Gasteiger partial charge in [0.2, 0.25) is 11.7 Å². The normalized spacial score (nSPS) is 16.4. The van der Waals surface area contributed by atoms with Crippen LogP contribution >= 0.6 is 23.2 Å². The number of rotatable bonds is 4. The predicted octanol–water partition coefficient (Wildman–Crippen LogP) is 5.46. The monoisotopic (exact) mass is 446 g/mol. The summed E-state index contributed by atoms with van der Waals surface area (Å²) in [7, 11) is 1.61. The van der Waals surface area contributed by atoms with Gasteiger partial charge in [0.05, 0.1) is 23.1 Å². The zero-order valence-corrected chi connectivity index (χ0v) is 17.8.